The van der Waals surface area contributed by atoms with Crippen molar-refractivity contribution in [2.75, 3.05) is 13.7 Å². The molecule has 3 aromatic rings. The summed E-state index contributed by atoms with van der Waals surface area (Å²) in [7, 11) is 3.53. The normalized spacial score (nSPS) is 11.4. The Bertz CT molecular complexity index is 996. The van der Waals surface area contributed by atoms with Crippen molar-refractivity contribution in [3.8, 4) is 17.6 Å². The van der Waals surface area contributed by atoms with Gasteiger partial charge in [-0.1, -0.05) is 25.1 Å². The van der Waals surface area contributed by atoms with E-state index in [1.807, 2.05) is 60.2 Å². The minimum atomic E-state index is 0.496. The van der Waals surface area contributed by atoms with E-state index in [9.17, 15) is 5.26 Å². The van der Waals surface area contributed by atoms with Crippen LogP contribution in [0.4, 0.5) is 0 Å². The van der Waals surface area contributed by atoms with E-state index in [4.69, 9.17) is 9.47 Å². The lowest BCUT2D eigenvalue weighted by Crippen LogP contribution is -1.98. The quantitative estimate of drug-likeness (QED) is 0.619. The van der Waals surface area contributed by atoms with E-state index in [1.54, 1.807) is 7.11 Å². The van der Waals surface area contributed by atoms with E-state index in [1.165, 1.54) is 0 Å². The number of hydrogen-bond donors (Lipinski definition) is 0. The Kier molecular flexibility index (Phi) is 5.23. The van der Waals surface area contributed by atoms with Gasteiger partial charge in [-0.3, -0.25) is 0 Å². The molecule has 0 saturated carbocycles. The van der Waals surface area contributed by atoms with Gasteiger partial charge in [0.05, 0.1) is 30.3 Å². The van der Waals surface area contributed by atoms with E-state index >= 15 is 0 Å². The molecule has 0 amide bonds. The summed E-state index contributed by atoms with van der Waals surface area (Å²) >= 11 is 0. The van der Waals surface area contributed by atoms with Crippen LogP contribution in [-0.2, 0) is 7.05 Å². The Morgan fingerprint density at radius 2 is 2.04 bits per heavy atom. The molecule has 0 radical (unpaired) electrons. The first-order valence-corrected chi connectivity index (χ1v) is 8.52. The molecule has 1 aromatic heterocycles. The lowest BCUT2D eigenvalue weighted by atomic mass is 10.1. The average molecular weight is 347 g/mol. The molecular weight excluding hydrogens is 326 g/mol. The number of fused-ring (bicyclic) bond motifs is 1. The van der Waals surface area contributed by atoms with Crippen molar-refractivity contribution >= 4 is 22.7 Å². The Morgan fingerprint density at radius 1 is 1.23 bits per heavy atom. The van der Waals surface area contributed by atoms with Crippen LogP contribution in [0.2, 0.25) is 0 Å². The molecule has 0 atom stereocenters. The van der Waals surface area contributed by atoms with E-state index < -0.39 is 0 Å². The minimum absolute atomic E-state index is 0.496. The molecule has 0 unspecified atom stereocenters. The second-order valence-electron chi connectivity index (χ2n) is 5.91. The van der Waals surface area contributed by atoms with Crippen LogP contribution in [-0.4, -0.2) is 23.3 Å². The maximum Gasteiger partial charge on any atom is 0.161 e. The number of nitriles is 1. The van der Waals surface area contributed by atoms with Gasteiger partial charge in [0.1, 0.15) is 6.07 Å². The average Bonchev–Trinajstić information content (AvgIpc) is 3.01. The number of imidazole rings is 1. The van der Waals surface area contributed by atoms with Crippen LogP contribution in [0.5, 0.6) is 11.5 Å². The van der Waals surface area contributed by atoms with Gasteiger partial charge in [0.15, 0.2) is 17.3 Å². The monoisotopic (exact) mass is 347 g/mol. The molecule has 0 saturated heterocycles. The molecule has 2 aromatic carbocycles. The third kappa shape index (κ3) is 3.40. The molecule has 0 aliphatic heterocycles. The van der Waals surface area contributed by atoms with Crippen molar-refractivity contribution in [1.82, 2.24) is 9.55 Å². The number of ether oxygens (including phenoxy) is 2. The van der Waals surface area contributed by atoms with Crippen LogP contribution >= 0.6 is 0 Å². The maximum absolute atomic E-state index is 9.67. The summed E-state index contributed by atoms with van der Waals surface area (Å²) in [5.74, 6) is 1.99. The highest BCUT2D eigenvalue weighted by molar-refractivity contribution is 5.91. The zero-order valence-electron chi connectivity index (χ0n) is 15.2. The van der Waals surface area contributed by atoms with Crippen LogP contribution in [0, 0.1) is 11.3 Å². The van der Waals surface area contributed by atoms with Gasteiger partial charge in [0.25, 0.3) is 0 Å². The van der Waals surface area contributed by atoms with Gasteiger partial charge in [-0.2, -0.15) is 5.26 Å². The fraction of sp³-hybridized carbons (Fsp3) is 0.238. The molecule has 26 heavy (non-hydrogen) atoms. The summed E-state index contributed by atoms with van der Waals surface area (Å²) < 4.78 is 13.0. The van der Waals surface area contributed by atoms with Crippen molar-refractivity contribution in [2.24, 2.45) is 7.05 Å². The zero-order valence-corrected chi connectivity index (χ0v) is 15.2. The van der Waals surface area contributed by atoms with Gasteiger partial charge in [0, 0.05) is 7.05 Å². The van der Waals surface area contributed by atoms with Crippen molar-refractivity contribution in [3.63, 3.8) is 0 Å². The number of benzene rings is 2. The second-order valence-corrected chi connectivity index (χ2v) is 5.91. The van der Waals surface area contributed by atoms with Crippen LogP contribution in [0.3, 0.4) is 0 Å². The van der Waals surface area contributed by atoms with Crippen molar-refractivity contribution in [1.29, 1.82) is 5.26 Å². The van der Waals surface area contributed by atoms with Gasteiger partial charge in [-0.05, 0) is 42.3 Å². The minimum Gasteiger partial charge on any atom is -0.493 e. The predicted molar refractivity (Wildman–Crippen MR) is 103 cm³/mol. The van der Waals surface area contributed by atoms with Gasteiger partial charge in [-0.15, -0.1) is 0 Å². The number of hydrogen-bond acceptors (Lipinski definition) is 4. The number of allylic oxidation sites excluding steroid dienone is 1. The van der Waals surface area contributed by atoms with Gasteiger partial charge >= 0.3 is 0 Å². The highest BCUT2D eigenvalue weighted by Crippen LogP contribution is 2.30. The zero-order chi connectivity index (χ0) is 18.5. The van der Waals surface area contributed by atoms with Crippen LogP contribution < -0.4 is 9.47 Å². The number of aromatic nitrogens is 2. The van der Waals surface area contributed by atoms with E-state index in [-0.39, 0.29) is 0 Å². The topological polar surface area (TPSA) is 60.1 Å². The number of aryl methyl sites for hydroxylation is 1. The fourth-order valence-corrected chi connectivity index (χ4v) is 2.81. The smallest absolute Gasteiger partial charge is 0.161 e. The molecule has 1 heterocycles. The Hall–Kier alpha value is -3.26. The number of para-hydroxylation sites is 2. The molecule has 0 aliphatic carbocycles. The van der Waals surface area contributed by atoms with Crippen LogP contribution in [0.1, 0.15) is 24.7 Å². The predicted octanol–water partition coefficient (Wildman–Crippen LogP) is 4.43. The van der Waals surface area contributed by atoms with Gasteiger partial charge in [-0.25, -0.2) is 4.98 Å². The van der Waals surface area contributed by atoms with Gasteiger partial charge < -0.3 is 14.0 Å². The summed E-state index contributed by atoms with van der Waals surface area (Å²) in [6.07, 6.45) is 2.73. The molecule has 3 rings (SSSR count). The first kappa shape index (κ1) is 17.6. The summed E-state index contributed by atoms with van der Waals surface area (Å²) in [4.78, 5) is 4.60. The van der Waals surface area contributed by atoms with Crippen molar-refractivity contribution in [3.05, 3.63) is 53.9 Å². The Labute approximate surface area is 153 Å². The number of nitrogens with zero attached hydrogens (tertiary/aromatic N) is 3. The van der Waals surface area contributed by atoms with Crippen LogP contribution in [0.15, 0.2) is 42.5 Å². The number of rotatable bonds is 6. The molecule has 0 bridgehead atoms. The fourth-order valence-electron chi connectivity index (χ4n) is 2.81. The second kappa shape index (κ2) is 7.75. The third-order valence-corrected chi connectivity index (χ3v) is 4.11. The third-order valence-electron chi connectivity index (χ3n) is 4.11. The van der Waals surface area contributed by atoms with E-state index in [0.717, 1.165) is 23.0 Å². The summed E-state index contributed by atoms with van der Waals surface area (Å²) in [5, 5.41) is 9.67. The SMILES string of the molecule is CCCOc1cc(/C=C(/C#N)c2nc3ccccc3n2C)ccc1OC. The summed E-state index contributed by atoms with van der Waals surface area (Å²) in [6, 6.07) is 15.7. The maximum atomic E-state index is 9.67. The van der Waals surface area contributed by atoms with E-state index in [0.29, 0.717) is 29.5 Å². The Balaban J connectivity index is 2.03. The van der Waals surface area contributed by atoms with E-state index in [2.05, 4.69) is 18.0 Å². The first-order valence-electron chi connectivity index (χ1n) is 8.52. The van der Waals surface area contributed by atoms with Gasteiger partial charge in [0.2, 0.25) is 0 Å². The summed E-state index contributed by atoms with van der Waals surface area (Å²) in [6.45, 7) is 2.66. The molecule has 0 spiro atoms. The molecule has 0 fully saturated rings. The summed E-state index contributed by atoms with van der Waals surface area (Å²) in [5.41, 5.74) is 3.22. The van der Waals surface area contributed by atoms with Crippen molar-refractivity contribution in [2.45, 2.75) is 13.3 Å². The lowest BCUT2D eigenvalue weighted by molar-refractivity contribution is 0.294. The number of methoxy groups -OCH3 is 1. The first-order chi connectivity index (χ1) is 12.7. The Morgan fingerprint density at radius 3 is 2.73 bits per heavy atom. The molecule has 0 N–H and O–H groups in total. The highest BCUT2D eigenvalue weighted by atomic mass is 16.5. The standard InChI is InChI=1S/C21H21N3O2/c1-4-11-26-20-13-15(9-10-19(20)25-3)12-16(14-22)21-23-17-7-5-6-8-18(17)24(21)2/h5-10,12-13H,4,11H2,1-3H3/b16-12-. The lowest BCUT2D eigenvalue weighted by Gasteiger charge is -2.10. The molecule has 132 valence electrons. The largest absolute Gasteiger partial charge is 0.493 e. The van der Waals surface area contributed by atoms with Crippen molar-refractivity contribution < 1.29 is 9.47 Å². The van der Waals surface area contributed by atoms with Crippen LogP contribution in [0.25, 0.3) is 22.7 Å². The molecular formula is C21H21N3O2. The molecule has 0 aliphatic rings. The molecule has 5 heteroatoms. The molecule has 5 nitrogen and oxygen atoms in total. The highest BCUT2D eigenvalue weighted by Gasteiger charge is 2.12.